The second-order valence-electron chi connectivity index (χ2n) is 7.49. The summed E-state index contributed by atoms with van der Waals surface area (Å²) in [6, 6.07) is 5.58. The third-order valence-corrected chi connectivity index (χ3v) is 5.16. The Labute approximate surface area is 173 Å². The maximum atomic E-state index is 13.8. The molecule has 2 fully saturated rings. The number of pyridine rings is 1. The second kappa shape index (κ2) is 8.25. The molecule has 0 aliphatic carbocycles. The molecule has 0 atom stereocenters. The highest BCUT2D eigenvalue weighted by Gasteiger charge is 2.36. The number of carbonyl (C=O) groups is 1. The molecule has 2 aliphatic rings. The van der Waals surface area contributed by atoms with Gasteiger partial charge in [-0.2, -0.15) is 0 Å². The maximum absolute atomic E-state index is 13.8. The zero-order chi connectivity index (χ0) is 21.3. The third-order valence-electron chi connectivity index (χ3n) is 5.16. The van der Waals surface area contributed by atoms with Gasteiger partial charge in [0.25, 0.3) is 0 Å². The third kappa shape index (κ3) is 4.19. The molecule has 0 saturated carbocycles. The summed E-state index contributed by atoms with van der Waals surface area (Å²) < 4.78 is 32.6. The normalized spacial score (nSPS) is 17.1. The smallest absolute Gasteiger partial charge is 0.317 e. The Morgan fingerprint density at radius 3 is 2.67 bits per heavy atom. The van der Waals surface area contributed by atoms with Crippen LogP contribution in [0.25, 0.3) is 0 Å². The molecule has 30 heavy (non-hydrogen) atoms. The number of rotatable bonds is 5. The standard InChI is InChI=1S/C21H23F2N5O2/c1-3-24-20-13(2)6-15(23)7-18(20)30-17-11-28(12-17)21(29)26-16-9-27(10-16)19-5-4-14(22)8-25-19/h3-8,16-17H,9-12H2,1-2H3,(H,26,29). The lowest BCUT2D eigenvalue weighted by Gasteiger charge is -2.44. The summed E-state index contributed by atoms with van der Waals surface area (Å²) in [5.41, 5.74) is 1.30. The number of hydrogen-bond donors (Lipinski definition) is 1. The van der Waals surface area contributed by atoms with Crippen molar-refractivity contribution in [1.82, 2.24) is 15.2 Å². The van der Waals surface area contributed by atoms with E-state index in [4.69, 9.17) is 4.74 Å². The van der Waals surface area contributed by atoms with Gasteiger partial charge in [-0.15, -0.1) is 0 Å². The fourth-order valence-electron chi connectivity index (χ4n) is 3.53. The van der Waals surface area contributed by atoms with Crippen molar-refractivity contribution in [1.29, 1.82) is 0 Å². The van der Waals surface area contributed by atoms with Crippen molar-refractivity contribution in [2.24, 2.45) is 4.99 Å². The average molecular weight is 415 g/mol. The molecule has 2 saturated heterocycles. The minimum atomic E-state index is -0.378. The maximum Gasteiger partial charge on any atom is 0.317 e. The fourth-order valence-corrected chi connectivity index (χ4v) is 3.53. The molecule has 0 spiro atoms. The molecule has 0 unspecified atom stereocenters. The Morgan fingerprint density at radius 2 is 2.00 bits per heavy atom. The van der Waals surface area contributed by atoms with Crippen molar-refractivity contribution < 1.29 is 18.3 Å². The predicted octanol–water partition coefficient (Wildman–Crippen LogP) is 3.05. The molecule has 0 bridgehead atoms. The molecule has 9 heteroatoms. The minimum Gasteiger partial charge on any atom is -0.484 e. The van der Waals surface area contributed by atoms with Crippen molar-refractivity contribution in [3.05, 3.63) is 47.7 Å². The zero-order valence-electron chi connectivity index (χ0n) is 16.8. The largest absolute Gasteiger partial charge is 0.484 e. The number of urea groups is 1. The van der Waals surface area contributed by atoms with Crippen molar-refractivity contribution in [3.63, 3.8) is 0 Å². The Balaban J connectivity index is 1.24. The molecule has 2 aromatic rings. The van der Waals surface area contributed by atoms with E-state index in [0.717, 1.165) is 0 Å². The monoisotopic (exact) mass is 415 g/mol. The first-order chi connectivity index (χ1) is 14.4. The highest BCUT2D eigenvalue weighted by Crippen LogP contribution is 2.34. The number of ether oxygens (including phenoxy) is 1. The first-order valence-electron chi connectivity index (χ1n) is 9.80. The van der Waals surface area contributed by atoms with Crippen LogP contribution in [0.15, 0.2) is 35.5 Å². The SMILES string of the molecule is CC=Nc1c(C)cc(F)cc1OC1CN(C(=O)NC2CN(c3ccc(F)cn3)C2)C1. The average Bonchev–Trinajstić information content (AvgIpc) is 2.64. The molecule has 158 valence electrons. The van der Waals surface area contributed by atoms with Gasteiger partial charge in [-0.25, -0.2) is 18.6 Å². The fraction of sp³-hybridized carbons (Fsp3) is 0.381. The number of anilines is 1. The summed E-state index contributed by atoms with van der Waals surface area (Å²) in [7, 11) is 0. The zero-order valence-corrected chi connectivity index (χ0v) is 16.8. The van der Waals surface area contributed by atoms with E-state index in [-0.39, 0.29) is 29.8 Å². The summed E-state index contributed by atoms with van der Waals surface area (Å²) in [4.78, 5) is 24.3. The van der Waals surface area contributed by atoms with Crippen LogP contribution < -0.4 is 15.0 Å². The number of nitrogens with one attached hydrogen (secondary N) is 1. The lowest BCUT2D eigenvalue weighted by atomic mass is 10.1. The first kappa shape index (κ1) is 20.1. The van der Waals surface area contributed by atoms with E-state index in [1.54, 1.807) is 31.0 Å². The van der Waals surface area contributed by atoms with Crippen LogP contribution in [0.5, 0.6) is 5.75 Å². The highest BCUT2D eigenvalue weighted by atomic mass is 19.1. The van der Waals surface area contributed by atoms with Gasteiger partial charge in [-0.05, 0) is 37.6 Å². The van der Waals surface area contributed by atoms with E-state index in [9.17, 15) is 13.6 Å². The van der Waals surface area contributed by atoms with E-state index in [1.807, 2.05) is 4.90 Å². The van der Waals surface area contributed by atoms with Gasteiger partial charge in [0.15, 0.2) is 0 Å². The lowest BCUT2D eigenvalue weighted by Crippen LogP contribution is -2.65. The van der Waals surface area contributed by atoms with Gasteiger partial charge in [0.2, 0.25) is 0 Å². The highest BCUT2D eigenvalue weighted by molar-refractivity contribution is 5.76. The molecular weight excluding hydrogens is 392 g/mol. The van der Waals surface area contributed by atoms with Crippen molar-refractivity contribution in [2.45, 2.75) is 26.0 Å². The van der Waals surface area contributed by atoms with Crippen LogP contribution in [0, 0.1) is 18.6 Å². The van der Waals surface area contributed by atoms with Crippen molar-refractivity contribution in [2.75, 3.05) is 31.1 Å². The molecule has 1 aromatic carbocycles. The van der Waals surface area contributed by atoms with Crippen molar-refractivity contribution in [3.8, 4) is 5.75 Å². The quantitative estimate of drug-likeness (QED) is 0.762. The van der Waals surface area contributed by atoms with Crippen LogP contribution in [0.2, 0.25) is 0 Å². The van der Waals surface area contributed by atoms with Gasteiger partial charge in [-0.1, -0.05) is 0 Å². The summed E-state index contributed by atoms with van der Waals surface area (Å²) in [6.45, 7) is 5.66. The van der Waals surface area contributed by atoms with Gasteiger partial charge in [0, 0.05) is 25.4 Å². The molecular formula is C21H23F2N5O2. The molecule has 2 aliphatic heterocycles. The Bertz CT molecular complexity index is 955. The van der Waals surface area contributed by atoms with Crippen LogP contribution in [-0.2, 0) is 0 Å². The summed E-state index contributed by atoms with van der Waals surface area (Å²) in [6.07, 6.45) is 2.61. The first-order valence-corrected chi connectivity index (χ1v) is 9.80. The molecule has 3 heterocycles. The van der Waals surface area contributed by atoms with E-state index < -0.39 is 0 Å². The van der Waals surface area contributed by atoms with Crippen LogP contribution in [0.1, 0.15) is 12.5 Å². The number of amides is 2. The Kier molecular flexibility index (Phi) is 5.52. The number of aromatic nitrogens is 1. The van der Waals surface area contributed by atoms with Crippen LogP contribution in [0.4, 0.5) is 25.1 Å². The van der Waals surface area contributed by atoms with Gasteiger partial charge in [0.05, 0.1) is 25.3 Å². The molecule has 4 rings (SSSR count). The number of hydrogen-bond acceptors (Lipinski definition) is 5. The summed E-state index contributed by atoms with van der Waals surface area (Å²) >= 11 is 0. The van der Waals surface area contributed by atoms with Crippen LogP contribution >= 0.6 is 0 Å². The van der Waals surface area contributed by atoms with Gasteiger partial charge < -0.3 is 19.9 Å². The number of aliphatic imine (C=N–C) groups is 1. The lowest BCUT2D eigenvalue weighted by molar-refractivity contribution is 0.0432. The van der Waals surface area contributed by atoms with E-state index >= 15 is 0 Å². The van der Waals surface area contributed by atoms with Crippen molar-refractivity contribution >= 4 is 23.8 Å². The molecule has 1 N–H and O–H groups in total. The van der Waals surface area contributed by atoms with E-state index in [0.29, 0.717) is 49.0 Å². The number of likely N-dealkylation sites (tertiary alicyclic amines) is 1. The topological polar surface area (TPSA) is 70.1 Å². The molecule has 0 radical (unpaired) electrons. The van der Waals surface area contributed by atoms with E-state index in [1.165, 1.54) is 24.4 Å². The van der Waals surface area contributed by atoms with Gasteiger partial charge in [0.1, 0.15) is 35.0 Å². The molecule has 2 amide bonds. The Morgan fingerprint density at radius 1 is 1.23 bits per heavy atom. The summed E-state index contributed by atoms with van der Waals surface area (Å²) in [5, 5.41) is 2.97. The minimum absolute atomic E-state index is 0.0145. The van der Waals surface area contributed by atoms with Crippen LogP contribution in [-0.4, -0.2) is 60.5 Å². The van der Waals surface area contributed by atoms with Crippen LogP contribution in [0.3, 0.4) is 0 Å². The summed E-state index contributed by atoms with van der Waals surface area (Å²) in [5.74, 6) is 0.324. The Hall–Kier alpha value is -3.23. The number of carbonyl (C=O) groups excluding carboxylic acids is 1. The molecule has 7 nitrogen and oxygen atoms in total. The van der Waals surface area contributed by atoms with Gasteiger partial charge in [-0.3, -0.25) is 4.99 Å². The van der Waals surface area contributed by atoms with Gasteiger partial charge >= 0.3 is 6.03 Å². The number of benzene rings is 1. The molecule has 1 aromatic heterocycles. The van der Waals surface area contributed by atoms with E-state index in [2.05, 4.69) is 15.3 Å². The predicted molar refractivity (Wildman–Crippen MR) is 110 cm³/mol. The number of nitrogens with zero attached hydrogens (tertiary/aromatic N) is 4. The number of halogens is 2. The second-order valence-corrected chi connectivity index (χ2v) is 7.49. The number of aryl methyl sites for hydroxylation is 1.